The van der Waals surface area contributed by atoms with Crippen LogP contribution in [-0.2, 0) is 4.79 Å². The van der Waals surface area contributed by atoms with Crippen LogP contribution >= 0.6 is 11.6 Å². The van der Waals surface area contributed by atoms with E-state index < -0.39 is 10.8 Å². The van der Waals surface area contributed by atoms with E-state index in [1.807, 2.05) is 0 Å². The van der Waals surface area contributed by atoms with Gasteiger partial charge in [0.25, 0.3) is 11.6 Å². The molecule has 0 unspecified atom stereocenters. The third-order valence-electron chi connectivity index (χ3n) is 3.51. The Labute approximate surface area is 152 Å². The highest BCUT2D eigenvalue weighted by Crippen LogP contribution is 2.37. The number of rotatable bonds is 4. The van der Waals surface area contributed by atoms with Gasteiger partial charge < -0.3 is 14.8 Å². The molecule has 0 saturated heterocycles. The number of benzene rings is 2. The second kappa shape index (κ2) is 7.13. The van der Waals surface area contributed by atoms with Crippen LogP contribution in [0.25, 0.3) is 6.08 Å². The van der Waals surface area contributed by atoms with Gasteiger partial charge in [0.15, 0.2) is 11.5 Å². The Morgan fingerprint density at radius 1 is 1.31 bits per heavy atom. The molecule has 0 spiro atoms. The maximum absolute atomic E-state index is 12.3. The molecule has 1 N–H and O–H groups in total. The van der Waals surface area contributed by atoms with Crippen molar-refractivity contribution in [2.75, 3.05) is 12.1 Å². The van der Waals surface area contributed by atoms with Crippen LogP contribution in [0.2, 0.25) is 5.02 Å². The van der Waals surface area contributed by atoms with Crippen molar-refractivity contribution >= 4 is 35.0 Å². The molecule has 2 aromatic rings. The smallest absolute Gasteiger partial charge is 0.292 e. The Bertz CT molecular complexity index is 981. The maximum atomic E-state index is 12.3. The average Bonchev–Trinajstić information content (AvgIpc) is 3.06. The van der Waals surface area contributed by atoms with Gasteiger partial charge in [0.2, 0.25) is 6.79 Å². The van der Waals surface area contributed by atoms with Crippen molar-refractivity contribution in [3.63, 3.8) is 0 Å². The van der Waals surface area contributed by atoms with Crippen LogP contribution in [0.15, 0.2) is 42.0 Å². The number of nitro groups is 1. The zero-order chi connectivity index (χ0) is 18.7. The third kappa shape index (κ3) is 3.43. The number of carbonyl (C=O) groups is 1. The number of amides is 1. The second-order valence-electron chi connectivity index (χ2n) is 5.13. The topological polar surface area (TPSA) is 114 Å². The van der Waals surface area contributed by atoms with Gasteiger partial charge in [-0.15, -0.1) is 0 Å². The summed E-state index contributed by atoms with van der Waals surface area (Å²) in [4.78, 5) is 22.7. The fourth-order valence-electron chi connectivity index (χ4n) is 2.28. The van der Waals surface area contributed by atoms with E-state index in [0.29, 0.717) is 17.1 Å². The fourth-order valence-corrected chi connectivity index (χ4v) is 2.48. The summed E-state index contributed by atoms with van der Waals surface area (Å²) in [5, 5.41) is 22.9. The molecule has 1 heterocycles. The van der Waals surface area contributed by atoms with Gasteiger partial charge in [0, 0.05) is 12.1 Å². The van der Waals surface area contributed by atoms with Crippen LogP contribution in [-0.4, -0.2) is 17.6 Å². The molecule has 0 fully saturated rings. The van der Waals surface area contributed by atoms with Gasteiger partial charge in [-0.05, 0) is 23.8 Å². The lowest BCUT2D eigenvalue weighted by atomic mass is 10.1. The van der Waals surface area contributed by atoms with E-state index in [-0.39, 0.29) is 28.8 Å². The molecule has 0 aliphatic carbocycles. The molecule has 0 bridgehead atoms. The summed E-state index contributed by atoms with van der Waals surface area (Å²) in [6.45, 7) is 0.0576. The highest BCUT2D eigenvalue weighted by molar-refractivity contribution is 6.32. The van der Waals surface area contributed by atoms with Gasteiger partial charge in [0.1, 0.15) is 17.3 Å². The molecule has 0 radical (unpaired) electrons. The molecular formula is C17H10ClN3O5. The summed E-state index contributed by atoms with van der Waals surface area (Å²) in [6, 6.07) is 10.5. The monoisotopic (exact) mass is 371 g/mol. The van der Waals surface area contributed by atoms with E-state index in [9.17, 15) is 20.2 Å². The molecule has 1 aliphatic rings. The largest absolute Gasteiger partial charge is 0.454 e. The first-order valence-corrected chi connectivity index (χ1v) is 7.63. The van der Waals surface area contributed by atoms with Crippen LogP contribution in [0.4, 0.5) is 11.4 Å². The van der Waals surface area contributed by atoms with E-state index in [0.717, 1.165) is 0 Å². The van der Waals surface area contributed by atoms with Crippen LogP contribution in [0.1, 0.15) is 5.56 Å². The molecule has 0 aromatic heterocycles. The van der Waals surface area contributed by atoms with Crippen LogP contribution < -0.4 is 14.8 Å². The number of anilines is 1. The highest BCUT2D eigenvalue weighted by Gasteiger charge is 2.19. The van der Waals surface area contributed by atoms with Crippen LogP contribution in [0.3, 0.4) is 0 Å². The van der Waals surface area contributed by atoms with Gasteiger partial charge >= 0.3 is 0 Å². The molecule has 0 atom stereocenters. The number of nitro benzene ring substituents is 1. The summed E-state index contributed by atoms with van der Waals surface area (Å²) < 4.78 is 10.4. The second-order valence-corrected chi connectivity index (χ2v) is 5.53. The third-order valence-corrected chi connectivity index (χ3v) is 3.83. The lowest BCUT2D eigenvalue weighted by molar-refractivity contribution is -0.383. The number of fused-ring (bicyclic) bond motifs is 1. The minimum absolute atomic E-state index is 0.0135. The number of hydrogen-bond acceptors (Lipinski definition) is 6. The highest BCUT2D eigenvalue weighted by atomic mass is 35.5. The molecule has 3 rings (SSSR count). The Morgan fingerprint density at radius 3 is 2.69 bits per heavy atom. The Balaban J connectivity index is 1.90. The van der Waals surface area contributed by atoms with E-state index in [2.05, 4.69) is 5.32 Å². The van der Waals surface area contributed by atoms with Crippen molar-refractivity contribution in [1.82, 2.24) is 0 Å². The number of hydrogen-bond donors (Lipinski definition) is 1. The van der Waals surface area contributed by atoms with Crippen molar-refractivity contribution in [2.24, 2.45) is 0 Å². The Hall–Kier alpha value is -3.57. The lowest BCUT2D eigenvalue weighted by Crippen LogP contribution is -2.14. The summed E-state index contributed by atoms with van der Waals surface area (Å²) >= 11 is 6.13. The van der Waals surface area contributed by atoms with Gasteiger partial charge in [-0.2, -0.15) is 5.26 Å². The Morgan fingerprint density at radius 2 is 2.00 bits per heavy atom. The van der Waals surface area contributed by atoms with Crippen molar-refractivity contribution in [3.05, 3.63) is 62.7 Å². The number of halogens is 1. The van der Waals surface area contributed by atoms with Crippen molar-refractivity contribution in [1.29, 1.82) is 5.26 Å². The molecule has 0 saturated carbocycles. The molecule has 130 valence electrons. The molecule has 8 nitrogen and oxygen atoms in total. The zero-order valence-corrected chi connectivity index (χ0v) is 13.8. The summed E-state index contributed by atoms with van der Waals surface area (Å²) in [5.74, 6) is 0.114. The normalized spacial score (nSPS) is 12.4. The first-order valence-electron chi connectivity index (χ1n) is 7.25. The predicted molar refractivity (Wildman–Crippen MR) is 92.9 cm³/mol. The average molecular weight is 372 g/mol. The molecular weight excluding hydrogens is 362 g/mol. The first kappa shape index (κ1) is 17.3. The SMILES string of the molecule is N#CC(=Cc1cc2c(cc1Cl)OCO2)C(=O)Nc1ccccc1[N+](=O)[O-]. The molecule has 1 aliphatic heterocycles. The maximum Gasteiger partial charge on any atom is 0.292 e. The minimum Gasteiger partial charge on any atom is -0.454 e. The number of para-hydroxylation sites is 2. The van der Waals surface area contributed by atoms with E-state index in [1.54, 1.807) is 12.1 Å². The summed E-state index contributed by atoms with van der Waals surface area (Å²) in [5.41, 5.74) is -0.186. The number of nitrogens with zero attached hydrogens (tertiary/aromatic N) is 2. The molecule has 9 heteroatoms. The van der Waals surface area contributed by atoms with E-state index in [4.69, 9.17) is 21.1 Å². The predicted octanol–water partition coefficient (Wildman–Crippen LogP) is 3.52. The molecule has 2 aromatic carbocycles. The van der Waals surface area contributed by atoms with Gasteiger partial charge in [-0.3, -0.25) is 14.9 Å². The lowest BCUT2D eigenvalue weighted by Gasteiger charge is -2.06. The fraction of sp³-hybridized carbons (Fsp3) is 0.0588. The minimum atomic E-state index is -0.796. The number of carbonyl (C=O) groups excluding carboxylic acids is 1. The van der Waals surface area contributed by atoms with Crippen molar-refractivity contribution < 1.29 is 19.2 Å². The molecule has 26 heavy (non-hydrogen) atoms. The number of nitrogens with one attached hydrogen (secondary N) is 1. The van der Waals surface area contributed by atoms with Crippen LogP contribution in [0.5, 0.6) is 11.5 Å². The van der Waals surface area contributed by atoms with Gasteiger partial charge in [-0.25, -0.2) is 0 Å². The van der Waals surface area contributed by atoms with E-state index in [1.165, 1.54) is 36.4 Å². The quantitative estimate of drug-likeness (QED) is 0.380. The van der Waals surface area contributed by atoms with E-state index >= 15 is 0 Å². The number of nitriles is 1. The van der Waals surface area contributed by atoms with Gasteiger partial charge in [-0.1, -0.05) is 23.7 Å². The van der Waals surface area contributed by atoms with Crippen molar-refractivity contribution in [2.45, 2.75) is 0 Å². The zero-order valence-electron chi connectivity index (χ0n) is 13.1. The molecule has 1 amide bonds. The summed E-state index contributed by atoms with van der Waals surface area (Å²) in [6.07, 6.45) is 1.27. The first-order chi connectivity index (χ1) is 12.5. The standard InChI is InChI=1S/C17H10ClN3O5/c18-12-7-16-15(25-9-26-16)6-10(12)5-11(8-19)17(22)20-13-3-1-2-4-14(13)21(23)24/h1-7H,9H2,(H,20,22). The van der Waals surface area contributed by atoms with Gasteiger partial charge in [0.05, 0.1) is 9.95 Å². The van der Waals surface area contributed by atoms with Crippen molar-refractivity contribution in [3.8, 4) is 17.6 Å². The Kier molecular flexibility index (Phi) is 4.73. The van der Waals surface area contributed by atoms with Crippen LogP contribution in [0, 0.1) is 21.4 Å². The summed E-state index contributed by atoms with van der Waals surface area (Å²) in [7, 11) is 0. The number of ether oxygens (including phenoxy) is 2.